The largest absolute Gasteiger partial charge is 0.573 e. The first-order valence-electron chi connectivity index (χ1n) is 4.39. The molecule has 1 nitrogen and oxygen atoms in total. The van der Waals surface area contributed by atoms with Gasteiger partial charge in [-0.15, -0.1) is 24.8 Å². The van der Waals surface area contributed by atoms with E-state index in [9.17, 15) is 13.2 Å². The molecular formula is C10H10ClF3O. The van der Waals surface area contributed by atoms with E-state index in [1.807, 2.05) is 6.92 Å². The number of ether oxygens (including phenoxy) is 1. The predicted octanol–water partition coefficient (Wildman–Crippen LogP) is 3.89. The Morgan fingerprint density at radius 1 is 1.20 bits per heavy atom. The quantitative estimate of drug-likeness (QED) is 0.726. The average Bonchev–Trinajstić information content (AvgIpc) is 2.14. The van der Waals surface area contributed by atoms with Gasteiger partial charge in [-0.2, -0.15) is 0 Å². The molecule has 0 amide bonds. The van der Waals surface area contributed by atoms with Crippen LogP contribution in [0.1, 0.15) is 18.1 Å². The number of hydrogen-bond donors (Lipinski definition) is 0. The van der Waals surface area contributed by atoms with Crippen molar-refractivity contribution in [2.75, 3.05) is 0 Å². The number of alkyl halides is 4. The van der Waals surface area contributed by atoms with Crippen molar-refractivity contribution in [3.8, 4) is 5.75 Å². The van der Waals surface area contributed by atoms with Crippen molar-refractivity contribution >= 4 is 11.6 Å². The summed E-state index contributed by atoms with van der Waals surface area (Å²) in [5.41, 5.74) is 1.39. The Kier molecular flexibility index (Phi) is 3.85. The minimum absolute atomic E-state index is 0.169. The molecule has 0 fully saturated rings. The summed E-state index contributed by atoms with van der Waals surface area (Å²) in [5, 5.41) is 0. The molecule has 5 heteroatoms. The lowest BCUT2D eigenvalue weighted by atomic mass is 10.1. The molecule has 1 rings (SSSR count). The lowest BCUT2D eigenvalue weighted by Gasteiger charge is -2.11. The van der Waals surface area contributed by atoms with Gasteiger partial charge in [0.05, 0.1) is 0 Å². The smallest absolute Gasteiger partial charge is 0.406 e. The molecule has 0 atom stereocenters. The first kappa shape index (κ1) is 12.2. The lowest BCUT2D eigenvalue weighted by molar-refractivity contribution is -0.274. The summed E-state index contributed by atoms with van der Waals surface area (Å²) in [5.74, 6) is -0.0419. The molecule has 0 spiro atoms. The summed E-state index contributed by atoms with van der Waals surface area (Å²) in [7, 11) is 0. The van der Waals surface area contributed by atoms with Crippen molar-refractivity contribution in [2.45, 2.75) is 25.6 Å². The van der Waals surface area contributed by atoms with Crippen molar-refractivity contribution in [1.29, 1.82) is 0 Å². The second kappa shape index (κ2) is 4.75. The molecule has 1 aromatic carbocycles. The Balaban J connectivity index is 2.97. The third-order valence-electron chi connectivity index (χ3n) is 1.82. The maximum Gasteiger partial charge on any atom is 0.573 e. The monoisotopic (exact) mass is 238 g/mol. The molecule has 0 bridgehead atoms. The highest BCUT2D eigenvalue weighted by molar-refractivity contribution is 6.17. The number of benzene rings is 1. The van der Waals surface area contributed by atoms with Crippen LogP contribution in [0.2, 0.25) is 0 Å². The summed E-state index contributed by atoms with van der Waals surface area (Å²) in [6.07, 6.45) is -4.02. The van der Waals surface area contributed by atoms with E-state index in [0.717, 1.165) is 5.56 Å². The Morgan fingerprint density at radius 2 is 1.80 bits per heavy atom. The van der Waals surface area contributed by atoms with Gasteiger partial charge in [-0.1, -0.05) is 13.0 Å². The number of aryl methyl sites for hydroxylation is 1. The van der Waals surface area contributed by atoms with E-state index in [-0.39, 0.29) is 11.6 Å². The molecule has 0 aliphatic heterocycles. The SMILES string of the molecule is CCc1cc(CCl)cc(OC(F)(F)F)c1. The molecule has 0 N–H and O–H groups in total. The zero-order chi connectivity index (χ0) is 11.5. The van der Waals surface area contributed by atoms with E-state index in [1.165, 1.54) is 12.1 Å². The summed E-state index contributed by atoms with van der Waals surface area (Å²) in [6, 6.07) is 4.42. The third kappa shape index (κ3) is 4.00. The van der Waals surface area contributed by atoms with Gasteiger partial charge in [0.2, 0.25) is 0 Å². The van der Waals surface area contributed by atoms with Gasteiger partial charge in [0.25, 0.3) is 0 Å². The van der Waals surface area contributed by atoms with Gasteiger partial charge >= 0.3 is 6.36 Å². The first-order valence-corrected chi connectivity index (χ1v) is 4.92. The standard InChI is InChI=1S/C10H10ClF3O/c1-2-7-3-8(6-11)5-9(4-7)15-10(12,13)14/h3-5H,2,6H2,1H3. The number of rotatable bonds is 3. The topological polar surface area (TPSA) is 9.23 Å². The van der Waals surface area contributed by atoms with E-state index >= 15 is 0 Å². The van der Waals surface area contributed by atoms with Crippen LogP contribution in [0.5, 0.6) is 5.75 Å². The lowest BCUT2D eigenvalue weighted by Crippen LogP contribution is -2.17. The number of hydrogen-bond acceptors (Lipinski definition) is 1. The van der Waals surface area contributed by atoms with Gasteiger partial charge in [-0.3, -0.25) is 0 Å². The van der Waals surface area contributed by atoms with Crippen LogP contribution < -0.4 is 4.74 Å². The molecule has 0 saturated heterocycles. The van der Waals surface area contributed by atoms with Gasteiger partial charge in [-0.05, 0) is 29.7 Å². The van der Waals surface area contributed by atoms with E-state index in [2.05, 4.69) is 4.74 Å². The Hall–Kier alpha value is -0.900. The molecule has 0 aliphatic rings. The Labute approximate surface area is 90.8 Å². The maximum absolute atomic E-state index is 12.0. The molecular weight excluding hydrogens is 229 g/mol. The number of halogens is 4. The Morgan fingerprint density at radius 3 is 2.27 bits per heavy atom. The Bertz CT molecular complexity index is 314. The van der Waals surface area contributed by atoms with Gasteiger partial charge < -0.3 is 4.74 Å². The van der Waals surface area contributed by atoms with Gasteiger partial charge in [0.1, 0.15) is 5.75 Å². The molecule has 0 aliphatic carbocycles. The van der Waals surface area contributed by atoms with Gasteiger partial charge in [0.15, 0.2) is 0 Å². The van der Waals surface area contributed by atoms with E-state index < -0.39 is 6.36 Å². The van der Waals surface area contributed by atoms with E-state index in [1.54, 1.807) is 6.07 Å². The summed E-state index contributed by atoms with van der Waals surface area (Å²) >= 11 is 5.56. The van der Waals surface area contributed by atoms with Crippen LogP contribution in [0, 0.1) is 0 Å². The van der Waals surface area contributed by atoms with Crippen molar-refractivity contribution in [3.05, 3.63) is 29.3 Å². The summed E-state index contributed by atoms with van der Waals surface area (Å²) in [6.45, 7) is 1.85. The van der Waals surface area contributed by atoms with Gasteiger partial charge in [-0.25, -0.2) is 0 Å². The van der Waals surface area contributed by atoms with Crippen LogP contribution in [0.4, 0.5) is 13.2 Å². The van der Waals surface area contributed by atoms with Crippen molar-refractivity contribution in [1.82, 2.24) is 0 Å². The molecule has 0 unspecified atom stereocenters. The maximum atomic E-state index is 12.0. The highest BCUT2D eigenvalue weighted by atomic mass is 35.5. The molecule has 0 saturated carbocycles. The van der Waals surface area contributed by atoms with Crippen molar-refractivity contribution in [3.63, 3.8) is 0 Å². The highest BCUT2D eigenvalue weighted by Gasteiger charge is 2.31. The molecule has 0 radical (unpaired) electrons. The third-order valence-corrected chi connectivity index (χ3v) is 2.13. The van der Waals surface area contributed by atoms with E-state index in [4.69, 9.17) is 11.6 Å². The van der Waals surface area contributed by atoms with Crippen molar-refractivity contribution < 1.29 is 17.9 Å². The molecule has 1 aromatic rings. The minimum atomic E-state index is -4.66. The van der Waals surface area contributed by atoms with Gasteiger partial charge in [0, 0.05) is 5.88 Å². The first-order chi connectivity index (χ1) is 6.94. The molecule has 15 heavy (non-hydrogen) atoms. The second-order valence-electron chi connectivity index (χ2n) is 3.02. The second-order valence-corrected chi connectivity index (χ2v) is 3.29. The van der Waals surface area contributed by atoms with E-state index in [0.29, 0.717) is 12.0 Å². The van der Waals surface area contributed by atoms with Crippen LogP contribution in [-0.2, 0) is 12.3 Å². The van der Waals surface area contributed by atoms with Crippen molar-refractivity contribution in [2.24, 2.45) is 0 Å². The van der Waals surface area contributed by atoms with Crippen LogP contribution >= 0.6 is 11.6 Å². The minimum Gasteiger partial charge on any atom is -0.406 e. The summed E-state index contributed by atoms with van der Waals surface area (Å²) in [4.78, 5) is 0. The normalized spacial score (nSPS) is 11.5. The molecule has 0 aromatic heterocycles. The van der Waals surface area contributed by atoms with Crippen LogP contribution in [0.25, 0.3) is 0 Å². The van der Waals surface area contributed by atoms with Crippen LogP contribution in [0.15, 0.2) is 18.2 Å². The molecule has 0 heterocycles. The fourth-order valence-corrected chi connectivity index (χ4v) is 1.36. The fraction of sp³-hybridized carbons (Fsp3) is 0.400. The van der Waals surface area contributed by atoms with Crippen LogP contribution in [-0.4, -0.2) is 6.36 Å². The average molecular weight is 239 g/mol. The summed E-state index contributed by atoms with van der Waals surface area (Å²) < 4.78 is 39.7. The molecule has 84 valence electrons. The zero-order valence-electron chi connectivity index (χ0n) is 8.07. The zero-order valence-corrected chi connectivity index (χ0v) is 8.82. The fourth-order valence-electron chi connectivity index (χ4n) is 1.20. The van der Waals surface area contributed by atoms with Crippen LogP contribution in [0.3, 0.4) is 0 Å². The predicted molar refractivity (Wildman–Crippen MR) is 52.1 cm³/mol. The highest BCUT2D eigenvalue weighted by Crippen LogP contribution is 2.25.